The summed E-state index contributed by atoms with van der Waals surface area (Å²) in [7, 11) is 0. The average molecular weight is 468 g/mol. The molecule has 1 aromatic heterocycles. The second kappa shape index (κ2) is 12.0. The number of allylic oxidation sites excluding steroid dienone is 5. The van der Waals surface area contributed by atoms with Gasteiger partial charge < -0.3 is 14.2 Å². The molecular formula is C22H34BrN3O3. The first kappa shape index (κ1) is 25.1. The van der Waals surface area contributed by atoms with E-state index in [1.54, 1.807) is 4.90 Å². The minimum Gasteiger partial charge on any atom is -0.444 e. The van der Waals surface area contributed by atoms with Crippen LogP contribution in [0.25, 0.3) is 5.57 Å². The van der Waals surface area contributed by atoms with Crippen molar-refractivity contribution in [3.8, 4) is 0 Å². The molecule has 0 saturated heterocycles. The third kappa shape index (κ3) is 9.43. The third-order valence-corrected chi connectivity index (χ3v) is 4.63. The molecule has 0 bridgehead atoms. The van der Waals surface area contributed by atoms with Crippen molar-refractivity contribution in [2.75, 3.05) is 13.1 Å². The van der Waals surface area contributed by atoms with Gasteiger partial charge in [0.1, 0.15) is 5.60 Å². The summed E-state index contributed by atoms with van der Waals surface area (Å²) in [6, 6.07) is 0. The lowest BCUT2D eigenvalue weighted by molar-refractivity contribution is 0.0250. The normalized spacial score (nSPS) is 13.6. The number of carbonyl (C=O) groups excluding carboxylic acids is 1. The van der Waals surface area contributed by atoms with Gasteiger partial charge in [0.2, 0.25) is 11.7 Å². The van der Waals surface area contributed by atoms with Crippen molar-refractivity contribution in [1.29, 1.82) is 0 Å². The van der Waals surface area contributed by atoms with E-state index in [1.807, 2.05) is 52.8 Å². The molecule has 6 nitrogen and oxygen atoms in total. The number of halogens is 1. The van der Waals surface area contributed by atoms with Gasteiger partial charge in [-0.25, -0.2) is 4.79 Å². The summed E-state index contributed by atoms with van der Waals surface area (Å²) in [5.74, 6) is 1.51. The Morgan fingerprint density at radius 1 is 1.34 bits per heavy atom. The molecule has 0 aromatic carbocycles. The Morgan fingerprint density at radius 2 is 2.03 bits per heavy atom. The molecule has 0 aliphatic heterocycles. The van der Waals surface area contributed by atoms with Crippen LogP contribution in [0.1, 0.15) is 66.1 Å². The summed E-state index contributed by atoms with van der Waals surface area (Å²) < 4.78 is 11.7. The third-order valence-electron chi connectivity index (χ3n) is 4.36. The lowest BCUT2D eigenvalue weighted by Gasteiger charge is -2.27. The van der Waals surface area contributed by atoms with Crippen LogP contribution in [0.5, 0.6) is 0 Å². The van der Waals surface area contributed by atoms with Crippen molar-refractivity contribution in [1.82, 2.24) is 15.0 Å². The Kier molecular flexibility index (Phi) is 10.4. The minimum absolute atomic E-state index is 0.271. The molecule has 0 radical (unpaired) electrons. The monoisotopic (exact) mass is 467 g/mol. The maximum absolute atomic E-state index is 12.3. The molecule has 0 saturated carbocycles. The lowest BCUT2D eigenvalue weighted by atomic mass is 9.98. The van der Waals surface area contributed by atoms with Gasteiger partial charge in [-0.2, -0.15) is 4.98 Å². The molecule has 0 aliphatic rings. The van der Waals surface area contributed by atoms with Crippen molar-refractivity contribution in [3.05, 3.63) is 41.0 Å². The molecule has 1 rings (SSSR count). The highest BCUT2D eigenvalue weighted by molar-refractivity contribution is 9.11. The Labute approximate surface area is 183 Å². The van der Waals surface area contributed by atoms with Crippen LogP contribution in [-0.4, -0.2) is 39.8 Å². The van der Waals surface area contributed by atoms with Crippen LogP contribution in [0.2, 0.25) is 0 Å². The summed E-state index contributed by atoms with van der Waals surface area (Å²) in [6.45, 7) is 16.7. The van der Waals surface area contributed by atoms with Crippen LogP contribution in [0, 0.1) is 5.92 Å². The van der Waals surface area contributed by atoms with Gasteiger partial charge in [-0.1, -0.05) is 53.2 Å². The minimum atomic E-state index is -0.491. The zero-order valence-electron chi connectivity index (χ0n) is 18.5. The summed E-state index contributed by atoms with van der Waals surface area (Å²) in [4.78, 5) is 18.6. The predicted octanol–water partition coefficient (Wildman–Crippen LogP) is 6.15. The van der Waals surface area contributed by atoms with Crippen molar-refractivity contribution in [2.45, 2.75) is 66.4 Å². The van der Waals surface area contributed by atoms with E-state index in [1.165, 1.54) is 0 Å². The van der Waals surface area contributed by atoms with E-state index in [4.69, 9.17) is 9.26 Å². The molecule has 162 valence electrons. The van der Waals surface area contributed by atoms with Gasteiger partial charge in [-0.3, -0.25) is 0 Å². The summed E-state index contributed by atoms with van der Waals surface area (Å²) in [5, 5.41) is 4.10. The molecule has 0 spiro atoms. The maximum Gasteiger partial charge on any atom is 0.410 e. The van der Waals surface area contributed by atoms with E-state index in [0.717, 1.165) is 22.9 Å². The van der Waals surface area contributed by atoms with E-state index in [0.29, 0.717) is 37.1 Å². The van der Waals surface area contributed by atoms with Gasteiger partial charge in [0.25, 0.3) is 0 Å². The fraction of sp³-hybridized carbons (Fsp3) is 0.591. The molecule has 0 aliphatic carbocycles. The molecule has 29 heavy (non-hydrogen) atoms. The zero-order chi connectivity index (χ0) is 22.0. The smallest absolute Gasteiger partial charge is 0.410 e. The Hall–Kier alpha value is -1.89. The van der Waals surface area contributed by atoms with Crippen LogP contribution in [0.3, 0.4) is 0 Å². The highest BCUT2D eigenvalue weighted by Gasteiger charge is 2.22. The van der Waals surface area contributed by atoms with E-state index in [-0.39, 0.29) is 6.09 Å². The second-order valence-corrected chi connectivity index (χ2v) is 8.88. The van der Waals surface area contributed by atoms with Crippen LogP contribution >= 0.6 is 15.9 Å². The highest BCUT2D eigenvalue weighted by atomic mass is 79.9. The second-order valence-electron chi connectivity index (χ2n) is 7.86. The molecule has 0 N–H and O–H groups in total. The number of hydrogen-bond acceptors (Lipinski definition) is 5. The topological polar surface area (TPSA) is 68.5 Å². The Balaban J connectivity index is 2.71. The molecule has 1 aromatic rings. The lowest BCUT2D eigenvalue weighted by Crippen LogP contribution is -2.37. The number of carbonyl (C=O) groups is 1. The summed E-state index contributed by atoms with van der Waals surface area (Å²) >= 11 is 3.30. The number of nitrogens with zero attached hydrogens (tertiary/aromatic N) is 3. The largest absolute Gasteiger partial charge is 0.444 e. The van der Waals surface area contributed by atoms with Crippen molar-refractivity contribution >= 4 is 27.6 Å². The molecule has 1 heterocycles. The molecule has 0 fully saturated rings. The first-order chi connectivity index (χ1) is 13.6. The number of hydrogen-bond donors (Lipinski definition) is 0. The van der Waals surface area contributed by atoms with Crippen molar-refractivity contribution in [3.63, 3.8) is 0 Å². The standard InChI is InChI=1S/C22H34BrN3O3/c1-8-17(13-14-26(10-3)21(27)28-22(5,6)7)15-19-24-20(25-29-19)18(9-2)12-11-16(4)23/h9,11-12,17H,4,8,10,13-15H2,1-3,5-7H3/b12-11-,18-9+. The fourth-order valence-electron chi connectivity index (χ4n) is 2.68. The fourth-order valence-corrected chi connectivity index (χ4v) is 2.81. The first-order valence-corrected chi connectivity index (χ1v) is 10.9. The number of rotatable bonds is 10. The average Bonchev–Trinajstić information content (AvgIpc) is 3.08. The Morgan fingerprint density at radius 3 is 2.55 bits per heavy atom. The zero-order valence-corrected chi connectivity index (χ0v) is 20.1. The number of amides is 1. The Bertz CT molecular complexity index is 732. The quantitative estimate of drug-likeness (QED) is 0.385. The van der Waals surface area contributed by atoms with Gasteiger partial charge in [-0.05, 0) is 53.0 Å². The molecule has 7 heteroatoms. The highest BCUT2D eigenvalue weighted by Crippen LogP contribution is 2.20. The maximum atomic E-state index is 12.3. The molecule has 1 atom stereocenters. The van der Waals surface area contributed by atoms with Crippen LogP contribution < -0.4 is 0 Å². The van der Waals surface area contributed by atoms with E-state index < -0.39 is 5.60 Å². The van der Waals surface area contributed by atoms with Gasteiger partial charge >= 0.3 is 6.09 Å². The summed E-state index contributed by atoms with van der Waals surface area (Å²) in [6.07, 6.45) is 7.89. The predicted molar refractivity (Wildman–Crippen MR) is 121 cm³/mol. The van der Waals surface area contributed by atoms with Gasteiger partial charge in [0.05, 0.1) is 0 Å². The van der Waals surface area contributed by atoms with Crippen LogP contribution in [0.4, 0.5) is 4.79 Å². The molecule has 1 unspecified atom stereocenters. The van der Waals surface area contributed by atoms with Crippen molar-refractivity contribution in [2.24, 2.45) is 5.92 Å². The van der Waals surface area contributed by atoms with Gasteiger partial charge in [0.15, 0.2) is 0 Å². The SMILES string of the molecule is C=C(Br)/C=C\C(=C/C)c1noc(CC(CC)CCN(CC)C(=O)OC(C)(C)C)n1. The summed E-state index contributed by atoms with van der Waals surface area (Å²) in [5.41, 5.74) is 0.380. The van der Waals surface area contributed by atoms with Gasteiger partial charge in [0, 0.05) is 29.6 Å². The van der Waals surface area contributed by atoms with Crippen molar-refractivity contribution < 1.29 is 14.1 Å². The van der Waals surface area contributed by atoms with Crippen LogP contribution in [-0.2, 0) is 11.2 Å². The van der Waals surface area contributed by atoms with Gasteiger partial charge in [-0.15, -0.1) is 0 Å². The van der Waals surface area contributed by atoms with E-state index >= 15 is 0 Å². The number of aromatic nitrogens is 2. The molecular weight excluding hydrogens is 434 g/mol. The van der Waals surface area contributed by atoms with E-state index in [2.05, 4.69) is 39.6 Å². The number of ether oxygens (including phenoxy) is 1. The van der Waals surface area contributed by atoms with Crippen LogP contribution in [0.15, 0.2) is 33.8 Å². The first-order valence-electron chi connectivity index (χ1n) is 10.1. The van der Waals surface area contributed by atoms with E-state index in [9.17, 15) is 4.79 Å². The molecule has 1 amide bonds.